The van der Waals surface area contributed by atoms with Crippen LogP contribution in [0.4, 0.5) is 4.79 Å². The van der Waals surface area contributed by atoms with Gasteiger partial charge in [-0.15, -0.1) is 0 Å². The number of carbonyl (C=O) groups excluding carboxylic acids is 1. The van der Waals surface area contributed by atoms with E-state index in [4.69, 9.17) is 17.0 Å². The van der Waals surface area contributed by atoms with E-state index >= 15 is 0 Å². The van der Waals surface area contributed by atoms with E-state index in [0.717, 1.165) is 32.2 Å². The highest BCUT2D eigenvalue weighted by Crippen LogP contribution is 2.24. The van der Waals surface area contributed by atoms with Crippen molar-refractivity contribution in [3.8, 4) is 0 Å². The van der Waals surface area contributed by atoms with Crippen molar-refractivity contribution >= 4 is 33.3 Å². The molecule has 7 nitrogen and oxygen atoms in total. The van der Waals surface area contributed by atoms with Crippen LogP contribution in [0.5, 0.6) is 0 Å². The number of unbranched alkanes of at least 4 members (excludes halogenated alkanes) is 3. The third-order valence-electron chi connectivity index (χ3n) is 4.16. The van der Waals surface area contributed by atoms with Gasteiger partial charge in [-0.2, -0.15) is 0 Å². The minimum Gasteiger partial charge on any atom is -0.450 e. The molecule has 2 saturated heterocycles. The molecule has 23 heavy (non-hydrogen) atoms. The Morgan fingerprint density at radius 1 is 1.35 bits per heavy atom. The van der Waals surface area contributed by atoms with Crippen LogP contribution in [0.1, 0.15) is 32.6 Å². The Labute approximate surface area is 143 Å². The fraction of sp³-hybridized carbons (Fsp3) is 0.857. The summed E-state index contributed by atoms with van der Waals surface area (Å²) >= 11 is 5.30. The molecule has 0 spiro atoms. The molecule has 1 amide bonds. The van der Waals surface area contributed by atoms with Crippen LogP contribution in [0.3, 0.4) is 0 Å². The first-order chi connectivity index (χ1) is 10.9. The third-order valence-corrected chi connectivity index (χ3v) is 6.23. The van der Waals surface area contributed by atoms with Gasteiger partial charge in [0.1, 0.15) is 0 Å². The van der Waals surface area contributed by atoms with E-state index in [9.17, 15) is 13.2 Å². The van der Waals surface area contributed by atoms with E-state index in [1.807, 2.05) is 4.90 Å². The highest BCUT2D eigenvalue weighted by molar-refractivity contribution is 7.91. The van der Waals surface area contributed by atoms with E-state index in [2.05, 4.69) is 10.6 Å². The molecule has 2 fully saturated rings. The summed E-state index contributed by atoms with van der Waals surface area (Å²) in [5.41, 5.74) is 0. The highest BCUT2D eigenvalue weighted by Gasteiger charge is 2.46. The number of carbonyl (C=O) groups is 1. The second-order valence-electron chi connectivity index (χ2n) is 5.96. The van der Waals surface area contributed by atoms with Gasteiger partial charge in [-0.05, 0) is 32.0 Å². The lowest BCUT2D eigenvalue weighted by Gasteiger charge is -2.23. The van der Waals surface area contributed by atoms with E-state index < -0.39 is 9.84 Å². The van der Waals surface area contributed by atoms with Crippen molar-refractivity contribution in [2.75, 3.05) is 31.2 Å². The molecule has 2 atom stereocenters. The predicted molar refractivity (Wildman–Crippen MR) is 92.2 cm³/mol. The summed E-state index contributed by atoms with van der Waals surface area (Å²) in [4.78, 5) is 13.1. The Kier molecular flexibility index (Phi) is 6.46. The fourth-order valence-corrected chi connectivity index (χ4v) is 5.37. The number of thiocarbonyl (C=S) groups is 1. The van der Waals surface area contributed by atoms with Gasteiger partial charge in [0.2, 0.25) is 0 Å². The van der Waals surface area contributed by atoms with E-state index in [1.54, 1.807) is 6.92 Å². The van der Waals surface area contributed by atoms with Gasteiger partial charge in [-0.25, -0.2) is 13.2 Å². The van der Waals surface area contributed by atoms with Crippen molar-refractivity contribution in [3.05, 3.63) is 0 Å². The van der Waals surface area contributed by atoms with Gasteiger partial charge in [0.05, 0.1) is 30.2 Å². The molecule has 0 aliphatic carbocycles. The van der Waals surface area contributed by atoms with Crippen LogP contribution in [-0.2, 0) is 14.6 Å². The molecule has 2 aliphatic heterocycles. The minimum absolute atomic E-state index is 0.00187. The molecule has 0 aromatic heterocycles. The van der Waals surface area contributed by atoms with Crippen molar-refractivity contribution < 1.29 is 17.9 Å². The second-order valence-corrected chi connectivity index (χ2v) is 8.50. The first-order valence-electron chi connectivity index (χ1n) is 8.11. The number of alkyl carbamates (subject to hydrolysis) is 1. The quantitative estimate of drug-likeness (QED) is 0.483. The number of rotatable bonds is 8. The topological polar surface area (TPSA) is 87.7 Å². The average molecular weight is 364 g/mol. The molecule has 0 unspecified atom stereocenters. The first-order valence-corrected chi connectivity index (χ1v) is 10.3. The number of nitrogens with zero attached hydrogens (tertiary/aromatic N) is 1. The molecule has 2 rings (SSSR count). The number of hydrogen-bond acceptors (Lipinski definition) is 5. The Balaban J connectivity index is 1.59. The SMILES string of the molecule is CCOC(=O)NCCCCCCN1C(=S)N[C@H]2CS(=O)(=O)C[C@H]21. The molecular formula is C14H25N3O4S2. The van der Waals surface area contributed by atoms with Crippen LogP contribution in [0, 0.1) is 0 Å². The number of nitrogens with one attached hydrogen (secondary N) is 2. The van der Waals surface area contributed by atoms with Gasteiger partial charge in [-0.1, -0.05) is 12.8 Å². The van der Waals surface area contributed by atoms with Gasteiger partial charge in [0.15, 0.2) is 14.9 Å². The van der Waals surface area contributed by atoms with Gasteiger partial charge < -0.3 is 20.3 Å². The van der Waals surface area contributed by atoms with E-state index in [1.165, 1.54) is 0 Å². The summed E-state index contributed by atoms with van der Waals surface area (Å²) in [7, 11) is -2.93. The molecule has 2 N–H and O–H groups in total. The van der Waals surface area contributed by atoms with E-state index in [0.29, 0.717) is 18.3 Å². The zero-order chi connectivity index (χ0) is 16.9. The summed E-state index contributed by atoms with van der Waals surface area (Å²) in [6.45, 7) is 3.56. The van der Waals surface area contributed by atoms with Gasteiger partial charge in [0, 0.05) is 13.1 Å². The normalized spacial score (nSPS) is 25.1. The molecule has 0 aromatic carbocycles. The maximum atomic E-state index is 11.7. The smallest absolute Gasteiger partial charge is 0.407 e. The summed E-state index contributed by atoms with van der Waals surface area (Å²) in [6.07, 6.45) is 3.53. The molecule has 0 saturated carbocycles. The molecule has 0 radical (unpaired) electrons. The molecule has 2 aliphatic rings. The van der Waals surface area contributed by atoms with Crippen molar-refractivity contribution in [1.82, 2.24) is 15.5 Å². The molecule has 0 aromatic rings. The molecule has 2 heterocycles. The number of hydrogen-bond donors (Lipinski definition) is 2. The van der Waals surface area contributed by atoms with Crippen LogP contribution in [0.15, 0.2) is 0 Å². The monoisotopic (exact) mass is 363 g/mol. The van der Waals surface area contributed by atoms with Crippen LogP contribution in [0.2, 0.25) is 0 Å². The fourth-order valence-electron chi connectivity index (χ4n) is 3.07. The lowest BCUT2D eigenvalue weighted by Crippen LogP contribution is -2.37. The first kappa shape index (κ1) is 18.3. The summed E-state index contributed by atoms with van der Waals surface area (Å²) in [5.74, 6) is 0.391. The van der Waals surface area contributed by atoms with Crippen LogP contribution >= 0.6 is 12.2 Å². The summed E-state index contributed by atoms with van der Waals surface area (Å²) in [6, 6.07) is -0.0424. The number of amides is 1. The number of fused-ring (bicyclic) bond motifs is 1. The third kappa shape index (κ3) is 5.20. The van der Waals surface area contributed by atoms with Crippen molar-refractivity contribution in [2.45, 2.75) is 44.7 Å². The standard InChI is InChI=1S/C14H25N3O4S2/c1-2-21-14(18)15-7-5-3-4-6-8-17-12-10-23(19,20)9-11(12)16-13(17)22/h11-12H,2-10H2,1H3,(H,15,18)(H,16,22)/t11-,12+/m0/s1. The maximum absolute atomic E-state index is 11.7. The Morgan fingerprint density at radius 3 is 2.83 bits per heavy atom. The lowest BCUT2D eigenvalue weighted by molar-refractivity contribution is 0.152. The van der Waals surface area contributed by atoms with Crippen LogP contribution < -0.4 is 10.6 Å². The predicted octanol–water partition coefficient (Wildman–Crippen LogP) is 0.649. The van der Waals surface area contributed by atoms with Crippen molar-refractivity contribution in [2.24, 2.45) is 0 Å². The number of ether oxygens (including phenoxy) is 1. The molecule has 132 valence electrons. The Morgan fingerprint density at radius 2 is 2.09 bits per heavy atom. The van der Waals surface area contributed by atoms with Gasteiger partial charge in [-0.3, -0.25) is 0 Å². The highest BCUT2D eigenvalue weighted by atomic mass is 32.2. The summed E-state index contributed by atoms with van der Waals surface area (Å²) < 4.78 is 28.2. The average Bonchev–Trinajstić information content (AvgIpc) is 2.89. The van der Waals surface area contributed by atoms with Crippen LogP contribution in [0.25, 0.3) is 0 Å². The zero-order valence-corrected chi connectivity index (χ0v) is 15.0. The second kappa shape index (κ2) is 8.14. The van der Waals surface area contributed by atoms with Gasteiger partial charge in [0.25, 0.3) is 0 Å². The van der Waals surface area contributed by atoms with Crippen molar-refractivity contribution in [3.63, 3.8) is 0 Å². The Bertz CT molecular complexity index is 538. The van der Waals surface area contributed by atoms with Gasteiger partial charge >= 0.3 is 6.09 Å². The lowest BCUT2D eigenvalue weighted by atomic mass is 10.1. The van der Waals surface area contributed by atoms with E-state index in [-0.39, 0.29) is 29.7 Å². The largest absolute Gasteiger partial charge is 0.450 e. The Hall–Kier alpha value is -1.09. The minimum atomic E-state index is -2.93. The van der Waals surface area contributed by atoms with Crippen molar-refractivity contribution in [1.29, 1.82) is 0 Å². The zero-order valence-electron chi connectivity index (χ0n) is 13.4. The summed E-state index contributed by atoms with van der Waals surface area (Å²) in [5, 5.41) is 6.50. The number of sulfone groups is 1. The van der Waals surface area contributed by atoms with Crippen LogP contribution in [-0.4, -0.2) is 67.8 Å². The molecule has 0 bridgehead atoms. The maximum Gasteiger partial charge on any atom is 0.407 e. The molecular weight excluding hydrogens is 338 g/mol. The molecule has 9 heteroatoms.